The van der Waals surface area contributed by atoms with E-state index in [0.717, 1.165) is 12.0 Å². The van der Waals surface area contributed by atoms with Crippen LogP contribution in [0.15, 0.2) is 12.1 Å². The summed E-state index contributed by atoms with van der Waals surface area (Å²) in [5.41, 5.74) is 5.32. The molecule has 1 aliphatic carbocycles. The van der Waals surface area contributed by atoms with Gasteiger partial charge in [-0.15, -0.1) is 0 Å². The number of rotatable bonds is 3. The molecule has 0 aromatic heterocycles. The molecule has 1 aromatic rings. The molecule has 21 heavy (non-hydrogen) atoms. The third-order valence-corrected chi connectivity index (χ3v) is 6.10. The minimum atomic E-state index is 0.135. The maximum absolute atomic E-state index is 12.0. The quantitative estimate of drug-likeness (QED) is 0.670. The highest BCUT2D eigenvalue weighted by molar-refractivity contribution is 5.96. The number of ketones is 1. The lowest BCUT2D eigenvalue weighted by atomic mass is 9.62. The van der Waals surface area contributed by atoms with Gasteiger partial charge in [-0.25, -0.2) is 0 Å². The van der Waals surface area contributed by atoms with Crippen LogP contribution in [-0.2, 0) is 11.8 Å². The molecule has 1 aromatic carbocycles. The lowest BCUT2D eigenvalue weighted by Gasteiger charge is -2.41. The fourth-order valence-electron chi connectivity index (χ4n) is 4.40. The molecule has 0 heterocycles. The molecule has 0 aliphatic heterocycles. The van der Waals surface area contributed by atoms with E-state index in [-0.39, 0.29) is 16.6 Å². The molecule has 0 amide bonds. The highest BCUT2D eigenvalue weighted by Crippen LogP contribution is 2.61. The second-order valence-corrected chi connectivity index (χ2v) is 8.07. The van der Waals surface area contributed by atoms with E-state index in [1.165, 1.54) is 16.7 Å². The van der Waals surface area contributed by atoms with Gasteiger partial charge >= 0.3 is 0 Å². The minimum absolute atomic E-state index is 0.135. The lowest BCUT2D eigenvalue weighted by Crippen LogP contribution is -2.36. The van der Waals surface area contributed by atoms with E-state index in [1.54, 1.807) is 6.92 Å². The molecular formula is C20H30O. The van der Waals surface area contributed by atoms with Crippen LogP contribution >= 0.6 is 0 Å². The Bertz CT molecular complexity index is 576. The summed E-state index contributed by atoms with van der Waals surface area (Å²) in [4.78, 5) is 12.0. The van der Waals surface area contributed by atoms with E-state index >= 15 is 0 Å². The molecule has 0 N–H and O–H groups in total. The highest BCUT2D eigenvalue weighted by Gasteiger charge is 2.53. The Morgan fingerprint density at radius 3 is 2.19 bits per heavy atom. The Balaban J connectivity index is 2.78. The summed E-state index contributed by atoms with van der Waals surface area (Å²) in [6.07, 6.45) is 0.922. The van der Waals surface area contributed by atoms with Crippen molar-refractivity contribution in [3.05, 3.63) is 34.4 Å². The summed E-state index contributed by atoms with van der Waals surface area (Å²) in [6.45, 7) is 17.9. The molecule has 0 fully saturated rings. The van der Waals surface area contributed by atoms with Crippen LogP contribution in [0.1, 0.15) is 88.4 Å². The maximum Gasteiger partial charge on any atom is 0.160 e. The first kappa shape index (κ1) is 16.3. The van der Waals surface area contributed by atoms with Gasteiger partial charge in [0.1, 0.15) is 0 Å². The van der Waals surface area contributed by atoms with Gasteiger partial charge in [0.15, 0.2) is 5.78 Å². The van der Waals surface area contributed by atoms with E-state index in [4.69, 9.17) is 0 Å². The van der Waals surface area contributed by atoms with Crippen LogP contribution < -0.4 is 0 Å². The van der Waals surface area contributed by atoms with Crippen LogP contribution in [0, 0.1) is 11.3 Å². The molecule has 2 rings (SSSR count). The summed E-state index contributed by atoms with van der Waals surface area (Å²) in [6, 6.07) is 4.52. The van der Waals surface area contributed by atoms with Crippen LogP contribution in [0.2, 0.25) is 0 Å². The molecule has 1 aliphatic rings. The SMILES string of the molecule is CCc1cc2c(cc1C(C)=O)C(C(C)C)C(C)(C)C2(C)C. The molecule has 116 valence electrons. The molecule has 0 spiro atoms. The Labute approximate surface area is 130 Å². The fourth-order valence-corrected chi connectivity index (χ4v) is 4.40. The van der Waals surface area contributed by atoms with Crippen LogP contribution in [-0.4, -0.2) is 5.78 Å². The molecule has 1 atom stereocenters. The average Bonchev–Trinajstić information content (AvgIpc) is 2.51. The second-order valence-electron chi connectivity index (χ2n) is 8.07. The smallest absolute Gasteiger partial charge is 0.160 e. The fraction of sp³-hybridized carbons (Fsp3) is 0.650. The highest BCUT2D eigenvalue weighted by atomic mass is 16.1. The van der Waals surface area contributed by atoms with Crippen molar-refractivity contribution in [2.75, 3.05) is 0 Å². The van der Waals surface area contributed by atoms with Gasteiger partial charge in [0.05, 0.1) is 0 Å². The van der Waals surface area contributed by atoms with Crippen LogP contribution in [0.5, 0.6) is 0 Å². The van der Waals surface area contributed by atoms with Crippen molar-refractivity contribution in [3.8, 4) is 0 Å². The molecule has 0 saturated carbocycles. The van der Waals surface area contributed by atoms with E-state index < -0.39 is 0 Å². The van der Waals surface area contributed by atoms with E-state index in [9.17, 15) is 4.79 Å². The van der Waals surface area contributed by atoms with Crippen LogP contribution in [0.3, 0.4) is 0 Å². The van der Waals surface area contributed by atoms with Gasteiger partial charge in [-0.1, -0.05) is 54.5 Å². The van der Waals surface area contributed by atoms with Crippen LogP contribution in [0.25, 0.3) is 0 Å². The van der Waals surface area contributed by atoms with Gasteiger partial charge in [0.2, 0.25) is 0 Å². The van der Waals surface area contributed by atoms with Gasteiger partial charge in [-0.2, -0.15) is 0 Å². The third-order valence-electron chi connectivity index (χ3n) is 6.10. The van der Waals surface area contributed by atoms with Gasteiger partial charge in [-0.05, 0) is 58.8 Å². The number of hydrogen-bond acceptors (Lipinski definition) is 1. The molecule has 0 saturated heterocycles. The minimum Gasteiger partial charge on any atom is -0.295 e. The predicted molar refractivity (Wildman–Crippen MR) is 90.2 cm³/mol. The average molecular weight is 286 g/mol. The van der Waals surface area contributed by atoms with Gasteiger partial charge in [0.25, 0.3) is 0 Å². The van der Waals surface area contributed by atoms with E-state index in [1.807, 2.05) is 0 Å². The first-order chi connectivity index (χ1) is 9.55. The monoisotopic (exact) mass is 286 g/mol. The molecule has 1 unspecified atom stereocenters. The Morgan fingerprint density at radius 1 is 1.19 bits per heavy atom. The molecular weight excluding hydrogens is 256 g/mol. The van der Waals surface area contributed by atoms with Crippen molar-refractivity contribution in [3.63, 3.8) is 0 Å². The van der Waals surface area contributed by atoms with Gasteiger partial charge in [-0.3, -0.25) is 4.79 Å². The molecule has 0 bridgehead atoms. The summed E-state index contributed by atoms with van der Waals surface area (Å²) < 4.78 is 0. The summed E-state index contributed by atoms with van der Waals surface area (Å²) in [5.74, 6) is 1.28. The zero-order valence-electron chi connectivity index (χ0n) is 14.9. The van der Waals surface area contributed by atoms with Crippen LogP contribution in [0.4, 0.5) is 0 Å². The number of Topliss-reactive ketones (excluding diaryl/α,β-unsaturated/α-hetero) is 1. The third kappa shape index (κ3) is 2.17. The summed E-state index contributed by atoms with van der Waals surface area (Å²) in [7, 11) is 0. The predicted octanol–water partition coefficient (Wildman–Crippen LogP) is 5.51. The van der Waals surface area contributed by atoms with Crippen molar-refractivity contribution >= 4 is 5.78 Å². The van der Waals surface area contributed by atoms with E-state index in [0.29, 0.717) is 11.8 Å². The first-order valence-corrected chi connectivity index (χ1v) is 8.23. The topological polar surface area (TPSA) is 17.1 Å². The normalized spacial score (nSPS) is 22.4. The first-order valence-electron chi connectivity index (χ1n) is 8.23. The number of aryl methyl sites for hydroxylation is 1. The molecule has 1 nitrogen and oxygen atoms in total. The van der Waals surface area contributed by atoms with Gasteiger partial charge in [0, 0.05) is 5.56 Å². The Hall–Kier alpha value is -1.11. The summed E-state index contributed by atoms with van der Waals surface area (Å²) >= 11 is 0. The molecule has 0 radical (unpaired) electrons. The van der Waals surface area contributed by atoms with Gasteiger partial charge < -0.3 is 0 Å². The van der Waals surface area contributed by atoms with Crippen molar-refractivity contribution < 1.29 is 4.79 Å². The lowest BCUT2D eigenvalue weighted by molar-refractivity contribution is 0.101. The largest absolute Gasteiger partial charge is 0.295 e. The second kappa shape index (κ2) is 4.97. The van der Waals surface area contributed by atoms with E-state index in [2.05, 4.69) is 60.6 Å². The zero-order chi connectivity index (χ0) is 16.2. The van der Waals surface area contributed by atoms with Crippen molar-refractivity contribution in [2.45, 2.75) is 73.1 Å². The Morgan fingerprint density at radius 2 is 1.76 bits per heavy atom. The number of hydrogen-bond donors (Lipinski definition) is 0. The Kier molecular flexibility index (Phi) is 3.85. The van der Waals surface area contributed by atoms with Crippen molar-refractivity contribution in [1.29, 1.82) is 0 Å². The summed E-state index contributed by atoms with van der Waals surface area (Å²) in [5, 5.41) is 0. The zero-order valence-corrected chi connectivity index (χ0v) is 14.9. The standard InChI is InChI=1S/C20H30O/c1-9-14-10-17-16(11-15(14)13(4)21)18(12(2)3)20(7,8)19(17,5)6/h10-12,18H,9H2,1-8H3. The number of benzene rings is 1. The van der Waals surface area contributed by atoms with Crippen molar-refractivity contribution in [1.82, 2.24) is 0 Å². The van der Waals surface area contributed by atoms with Crippen molar-refractivity contribution in [2.24, 2.45) is 11.3 Å². The number of carbonyl (C=O) groups is 1. The number of carbonyl (C=O) groups excluding carboxylic acids is 1. The maximum atomic E-state index is 12.0. The number of fused-ring (bicyclic) bond motifs is 1. The molecule has 1 heteroatoms.